The van der Waals surface area contributed by atoms with E-state index in [-0.39, 0.29) is 23.5 Å². The van der Waals surface area contributed by atoms with Gasteiger partial charge in [-0.2, -0.15) is 20.0 Å². The predicted molar refractivity (Wildman–Crippen MR) is 146 cm³/mol. The first-order valence-electron chi connectivity index (χ1n) is 11.2. The van der Waals surface area contributed by atoms with Gasteiger partial charge in [-0.1, -0.05) is 36.4 Å². The molecule has 0 bridgehead atoms. The maximum Gasteiger partial charge on any atom is 0.297 e. The number of aliphatic imine (C=N–C) groups is 1. The second-order valence-corrected chi connectivity index (χ2v) is 9.36. The number of nitrogens with one attached hydrogen (secondary N) is 3. The van der Waals surface area contributed by atoms with Crippen LogP contribution in [0.25, 0.3) is 6.08 Å². The number of amides is 1. The summed E-state index contributed by atoms with van der Waals surface area (Å²) in [5.74, 6) is 0.561. The number of thiazole rings is 2. The van der Waals surface area contributed by atoms with Crippen LogP contribution in [-0.4, -0.2) is 46.7 Å². The van der Waals surface area contributed by atoms with E-state index in [1.54, 1.807) is 36.8 Å². The number of hydrazine groups is 1. The van der Waals surface area contributed by atoms with Crippen molar-refractivity contribution in [2.75, 3.05) is 16.1 Å². The van der Waals surface area contributed by atoms with Crippen LogP contribution in [0.1, 0.15) is 11.3 Å². The molecule has 1 aliphatic rings. The van der Waals surface area contributed by atoms with Crippen molar-refractivity contribution in [3.8, 4) is 0 Å². The van der Waals surface area contributed by atoms with E-state index < -0.39 is 5.91 Å². The van der Waals surface area contributed by atoms with E-state index in [2.05, 4.69) is 51.0 Å². The topological polar surface area (TPSA) is 146 Å². The molecular weight excluding hydrogens is 522 g/mol. The zero-order valence-corrected chi connectivity index (χ0v) is 21.0. The number of rotatable bonds is 8. The third-order valence-electron chi connectivity index (χ3n) is 5.01. The minimum Gasteiger partial charge on any atom is -0.300 e. The molecule has 5 aromatic rings. The molecule has 0 unspecified atom stereocenters. The van der Waals surface area contributed by atoms with Crippen molar-refractivity contribution in [2.24, 2.45) is 4.99 Å². The highest BCUT2D eigenvalue weighted by atomic mass is 32.1. The van der Waals surface area contributed by atoms with Crippen molar-refractivity contribution < 1.29 is 4.79 Å². The molecule has 3 N–H and O–H groups in total. The lowest BCUT2D eigenvalue weighted by Crippen LogP contribution is -2.38. The highest BCUT2D eigenvalue weighted by molar-refractivity contribution is 7.13. The van der Waals surface area contributed by atoms with Gasteiger partial charge in [0.05, 0.1) is 5.69 Å². The first kappa shape index (κ1) is 23.3. The maximum atomic E-state index is 13.5. The maximum absolute atomic E-state index is 13.5. The summed E-state index contributed by atoms with van der Waals surface area (Å²) >= 11 is 2.79. The molecular formula is C24H17N11OS2. The summed E-state index contributed by atoms with van der Waals surface area (Å²) in [6.07, 6.45) is 6.62. The molecule has 0 saturated heterocycles. The van der Waals surface area contributed by atoms with Crippen LogP contribution >= 0.6 is 22.7 Å². The average Bonchev–Trinajstić information content (AvgIpc) is 3.70. The molecule has 12 nitrogen and oxygen atoms in total. The van der Waals surface area contributed by atoms with E-state index in [1.807, 2.05) is 47.2 Å². The van der Waals surface area contributed by atoms with E-state index in [1.165, 1.54) is 27.7 Å². The van der Waals surface area contributed by atoms with Crippen molar-refractivity contribution in [3.63, 3.8) is 0 Å². The summed E-state index contributed by atoms with van der Waals surface area (Å²) in [4.78, 5) is 44.2. The Hall–Kier alpha value is -5.08. The standard InChI is InChI=1S/C24H17N11OS2/c36-19-17(14-16-8-4-5-9-25-16)28-18(15-6-2-1-3-7-15)35(19)34-22-30-20(32-23-26-10-12-37-23)29-21(31-22)33-24-27-11-13-38-24/h1-14H,(H3,26,27,29,30,31,32,33,34). The molecule has 6 rings (SSSR count). The van der Waals surface area contributed by atoms with E-state index >= 15 is 0 Å². The minimum absolute atomic E-state index is 0.106. The summed E-state index contributed by atoms with van der Waals surface area (Å²) in [5.41, 5.74) is 4.57. The van der Waals surface area contributed by atoms with Crippen LogP contribution in [0.4, 0.5) is 28.1 Å². The summed E-state index contributed by atoms with van der Waals surface area (Å²) in [6.45, 7) is 0. The number of carbonyl (C=O) groups excluding carboxylic acids is 1. The molecule has 14 heteroatoms. The van der Waals surface area contributed by atoms with Crippen LogP contribution in [0, 0.1) is 0 Å². The van der Waals surface area contributed by atoms with Gasteiger partial charge in [-0.25, -0.2) is 15.0 Å². The molecule has 0 fully saturated rings. The zero-order chi connectivity index (χ0) is 25.7. The molecule has 0 aliphatic carbocycles. The zero-order valence-electron chi connectivity index (χ0n) is 19.4. The molecule has 1 aromatic carbocycles. The monoisotopic (exact) mass is 539 g/mol. The molecule has 0 saturated carbocycles. The molecule has 0 radical (unpaired) electrons. The number of nitrogens with zero attached hydrogens (tertiary/aromatic N) is 8. The summed E-state index contributed by atoms with van der Waals surface area (Å²) in [7, 11) is 0. The Bertz CT molecular complexity index is 1550. The fourth-order valence-corrected chi connectivity index (χ4v) is 4.45. The smallest absolute Gasteiger partial charge is 0.297 e. The second-order valence-electron chi connectivity index (χ2n) is 7.57. The highest BCUT2D eigenvalue weighted by Gasteiger charge is 2.32. The third-order valence-corrected chi connectivity index (χ3v) is 6.39. The van der Waals surface area contributed by atoms with Crippen LogP contribution < -0.4 is 16.1 Å². The van der Waals surface area contributed by atoms with Gasteiger partial charge in [0.15, 0.2) is 16.1 Å². The molecule has 0 atom stereocenters. The van der Waals surface area contributed by atoms with Gasteiger partial charge < -0.3 is 0 Å². The Morgan fingerprint density at radius 1 is 0.737 bits per heavy atom. The highest BCUT2D eigenvalue weighted by Crippen LogP contribution is 2.24. The summed E-state index contributed by atoms with van der Waals surface area (Å²) in [6, 6.07) is 14.8. The largest absolute Gasteiger partial charge is 0.300 e. The number of pyridine rings is 1. The number of benzene rings is 1. The third kappa shape index (κ3) is 5.21. The number of hydrogen-bond donors (Lipinski definition) is 3. The van der Waals surface area contributed by atoms with Crippen molar-refractivity contribution in [2.45, 2.75) is 0 Å². The Morgan fingerprint density at radius 3 is 2.00 bits per heavy atom. The van der Waals surface area contributed by atoms with Crippen molar-refractivity contribution in [1.29, 1.82) is 0 Å². The molecule has 1 amide bonds. The van der Waals surface area contributed by atoms with Crippen LogP contribution in [0.2, 0.25) is 0 Å². The predicted octanol–water partition coefficient (Wildman–Crippen LogP) is 4.32. The van der Waals surface area contributed by atoms with Crippen LogP contribution in [0.5, 0.6) is 0 Å². The van der Waals surface area contributed by atoms with E-state index in [9.17, 15) is 4.79 Å². The number of amidine groups is 1. The lowest BCUT2D eigenvalue weighted by Gasteiger charge is -2.19. The number of hydrogen-bond acceptors (Lipinski definition) is 13. The first-order chi connectivity index (χ1) is 18.7. The van der Waals surface area contributed by atoms with Crippen molar-refractivity contribution in [1.82, 2.24) is 34.9 Å². The normalized spacial score (nSPS) is 14.0. The van der Waals surface area contributed by atoms with E-state index in [4.69, 9.17) is 0 Å². The number of anilines is 5. The van der Waals surface area contributed by atoms with E-state index in [0.717, 1.165) is 5.56 Å². The lowest BCUT2D eigenvalue weighted by atomic mass is 10.2. The fraction of sp³-hybridized carbons (Fsp3) is 0. The first-order valence-corrected chi connectivity index (χ1v) is 12.9. The SMILES string of the molecule is O=C1C(=Cc2ccccn2)N=C(c2ccccc2)N1Nc1nc(Nc2nccs2)nc(Nc2nccs2)n1. The Labute approximate surface area is 223 Å². The molecule has 4 aromatic heterocycles. The van der Waals surface area contributed by atoms with Gasteiger partial charge >= 0.3 is 0 Å². The fourth-order valence-electron chi connectivity index (χ4n) is 3.40. The second kappa shape index (κ2) is 10.5. The quantitative estimate of drug-likeness (QED) is 0.244. The Balaban J connectivity index is 1.36. The molecule has 0 spiro atoms. The van der Waals surface area contributed by atoms with Gasteiger partial charge in [0.2, 0.25) is 17.8 Å². The van der Waals surface area contributed by atoms with Gasteiger partial charge in [-0.05, 0) is 18.2 Å². The van der Waals surface area contributed by atoms with Crippen LogP contribution in [-0.2, 0) is 4.79 Å². The van der Waals surface area contributed by atoms with Gasteiger partial charge in [-0.15, -0.1) is 22.7 Å². The van der Waals surface area contributed by atoms with Crippen molar-refractivity contribution in [3.05, 3.63) is 94.8 Å². The van der Waals surface area contributed by atoms with Gasteiger partial charge in [0.25, 0.3) is 5.91 Å². The van der Waals surface area contributed by atoms with Gasteiger partial charge in [0.1, 0.15) is 5.70 Å². The average molecular weight is 540 g/mol. The summed E-state index contributed by atoms with van der Waals surface area (Å²) in [5, 5.41) is 12.3. The Kier molecular flexibility index (Phi) is 6.44. The van der Waals surface area contributed by atoms with Gasteiger partial charge in [0, 0.05) is 34.9 Å². The number of aromatic nitrogens is 6. The van der Waals surface area contributed by atoms with Crippen molar-refractivity contribution >= 4 is 68.6 Å². The molecule has 5 heterocycles. The van der Waals surface area contributed by atoms with Gasteiger partial charge in [-0.3, -0.25) is 25.8 Å². The molecule has 1 aliphatic heterocycles. The van der Waals surface area contributed by atoms with E-state index in [0.29, 0.717) is 21.8 Å². The Morgan fingerprint density at radius 2 is 1.39 bits per heavy atom. The lowest BCUT2D eigenvalue weighted by molar-refractivity contribution is -0.121. The molecule has 186 valence electrons. The summed E-state index contributed by atoms with van der Waals surface area (Å²) < 4.78 is 0. The minimum atomic E-state index is -0.390. The molecule has 38 heavy (non-hydrogen) atoms. The van der Waals surface area contributed by atoms with Crippen LogP contribution in [0.15, 0.2) is 88.6 Å². The van der Waals surface area contributed by atoms with Crippen LogP contribution in [0.3, 0.4) is 0 Å². The number of carbonyl (C=O) groups is 1.